The number of hydrogen-bond acceptors (Lipinski definition) is 1. The van der Waals surface area contributed by atoms with Crippen molar-refractivity contribution in [3.05, 3.63) is 77.5 Å². The van der Waals surface area contributed by atoms with Crippen LogP contribution in [0.3, 0.4) is 0 Å². The van der Waals surface area contributed by atoms with Crippen molar-refractivity contribution in [3.63, 3.8) is 0 Å². The van der Waals surface area contributed by atoms with Gasteiger partial charge in [-0.25, -0.2) is 0 Å². The van der Waals surface area contributed by atoms with Gasteiger partial charge < -0.3 is 0 Å². The Kier molecular flexibility index (Phi) is 3.57. The van der Waals surface area contributed by atoms with Gasteiger partial charge in [-0.1, -0.05) is 67.6 Å². The standard InChI is InChI=1S/C23H21N/c1-4-17-8-7-10-19(14-17)22-15(2)16(3)24-23-20-11-6-5-9-18(20)12-13-21(22)23/h5-14H,4H2,1-3H3. The zero-order chi connectivity index (χ0) is 16.7. The minimum absolute atomic E-state index is 1.05. The van der Waals surface area contributed by atoms with Crippen LogP contribution in [0.25, 0.3) is 32.8 Å². The number of hydrogen-bond donors (Lipinski definition) is 0. The molecule has 1 aromatic heterocycles. The Morgan fingerprint density at radius 3 is 2.50 bits per heavy atom. The van der Waals surface area contributed by atoms with Crippen molar-refractivity contribution in [2.45, 2.75) is 27.2 Å². The topological polar surface area (TPSA) is 12.9 Å². The lowest BCUT2D eigenvalue weighted by atomic mass is 9.92. The summed E-state index contributed by atoms with van der Waals surface area (Å²) >= 11 is 0. The molecule has 4 aromatic rings. The molecule has 0 atom stereocenters. The second kappa shape index (κ2) is 5.76. The van der Waals surface area contributed by atoms with E-state index in [0.717, 1.165) is 17.6 Å². The van der Waals surface area contributed by atoms with Gasteiger partial charge in [0.05, 0.1) is 5.52 Å². The number of benzene rings is 3. The maximum Gasteiger partial charge on any atom is 0.0789 e. The fraction of sp³-hybridized carbons (Fsp3) is 0.174. The molecule has 0 saturated carbocycles. The minimum atomic E-state index is 1.05. The number of rotatable bonds is 2. The Hall–Kier alpha value is -2.67. The van der Waals surface area contributed by atoms with Gasteiger partial charge in [0.15, 0.2) is 0 Å². The molecule has 1 heterocycles. The molecule has 1 nitrogen and oxygen atoms in total. The molecule has 118 valence electrons. The molecule has 0 unspecified atom stereocenters. The van der Waals surface area contributed by atoms with Gasteiger partial charge in [-0.15, -0.1) is 0 Å². The Morgan fingerprint density at radius 1 is 0.833 bits per heavy atom. The first-order valence-electron chi connectivity index (χ1n) is 8.57. The van der Waals surface area contributed by atoms with Crippen molar-refractivity contribution >= 4 is 21.7 Å². The summed E-state index contributed by atoms with van der Waals surface area (Å²) in [5.41, 5.74) is 7.46. The van der Waals surface area contributed by atoms with Crippen LogP contribution in [-0.4, -0.2) is 4.98 Å². The molecule has 0 aliphatic carbocycles. The monoisotopic (exact) mass is 311 g/mol. The average Bonchev–Trinajstić information content (AvgIpc) is 2.63. The summed E-state index contributed by atoms with van der Waals surface area (Å²) in [5.74, 6) is 0. The molecule has 0 N–H and O–H groups in total. The van der Waals surface area contributed by atoms with Gasteiger partial charge in [-0.3, -0.25) is 4.98 Å². The summed E-state index contributed by atoms with van der Waals surface area (Å²) in [6.07, 6.45) is 1.05. The van der Waals surface area contributed by atoms with Crippen LogP contribution < -0.4 is 0 Å². The third kappa shape index (κ3) is 2.28. The third-order valence-corrected chi connectivity index (χ3v) is 4.99. The number of aryl methyl sites for hydroxylation is 2. The van der Waals surface area contributed by atoms with Crippen molar-refractivity contribution in [1.82, 2.24) is 4.98 Å². The highest BCUT2D eigenvalue weighted by Gasteiger charge is 2.13. The van der Waals surface area contributed by atoms with Gasteiger partial charge in [-0.2, -0.15) is 0 Å². The maximum atomic E-state index is 4.93. The highest BCUT2D eigenvalue weighted by molar-refractivity contribution is 6.10. The third-order valence-electron chi connectivity index (χ3n) is 4.99. The van der Waals surface area contributed by atoms with Crippen LogP contribution in [0.4, 0.5) is 0 Å². The predicted molar refractivity (Wildman–Crippen MR) is 104 cm³/mol. The summed E-state index contributed by atoms with van der Waals surface area (Å²) in [7, 11) is 0. The Labute approximate surface area is 143 Å². The van der Waals surface area contributed by atoms with Gasteiger partial charge in [0, 0.05) is 16.5 Å². The fourth-order valence-corrected chi connectivity index (χ4v) is 3.53. The highest BCUT2D eigenvalue weighted by atomic mass is 14.7. The Morgan fingerprint density at radius 2 is 1.67 bits per heavy atom. The predicted octanol–water partition coefficient (Wildman–Crippen LogP) is 6.23. The smallest absolute Gasteiger partial charge is 0.0789 e. The molecule has 3 aromatic carbocycles. The molecular weight excluding hydrogens is 290 g/mol. The lowest BCUT2D eigenvalue weighted by molar-refractivity contribution is 1.14. The molecule has 0 amide bonds. The van der Waals surface area contributed by atoms with E-state index >= 15 is 0 Å². The van der Waals surface area contributed by atoms with Crippen molar-refractivity contribution in [1.29, 1.82) is 0 Å². The average molecular weight is 311 g/mol. The van der Waals surface area contributed by atoms with E-state index in [4.69, 9.17) is 4.98 Å². The van der Waals surface area contributed by atoms with Gasteiger partial charge in [0.2, 0.25) is 0 Å². The van der Waals surface area contributed by atoms with Crippen molar-refractivity contribution in [2.75, 3.05) is 0 Å². The minimum Gasteiger partial charge on any atom is -0.252 e. The van der Waals surface area contributed by atoms with Gasteiger partial charge in [0.25, 0.3) is 0 Å². The summed E-state index contributed by atoms with van der Waals surface area (Å²) in [4.78, 5) is 4.93. The molecule has 1 heteroatoms. The molecule has 0 aliphatic heterocycles. The van der Waals surface area contributed by atoms with E-state index in [1.165, 1.54) is 38.4 Å². The van der Waals surface area contributed by atoms with E-state index in [1.807, 2.05) is 0 Å². The molecule has 0 radical (unpaired) electrons. The molecule has 0 bridgehead atoms. The number of nitrogens with zero attached hydrogens (tertiary/aromatic N) is 1. The summed E-state index contributed by atoms with van der Waals surface area (Å²) in [6, 6.07) is 21.8. The quantitative estimate of drug-likeness (QED) is 0.400. The van der Waals surface area contributed by atoms with Crippen LogP contribution >= 0.6 is 0 Å². The van der Waals surface area contributed by atoms with Crippen LogP contribution in [-0.2, 0) is 6.42 Å². The fourth-order valence-electron chi connectivity index (χ4n) is 3.53. The van der Waals surface area contributed by atoms with Gasteiger partial charge in [0.1, 0.15) is 0 Å². The molecular formula is C23H21N. The van der Waals surface area contributed by atoms with Crippen LogP contribution in [0.15, 0.2) is 60.7 Å². The van der Waals surface area contributed by atoms with Crippen LogP contribution in [0.1, 0.15) is 23.7 Å². The van der Waals surface area contributed by atoms with E-state index in [9.17, 15) is 0 Å². The maximum absolute atomic E-state index is 4.93. The number of pyridine rings is 1. The van der Waals surface area contributed by atoms with E-state index in [-0.39, 0.29) is 0 Å². The molecule has 0 aliphatic rings. The summed E-state index contributed by atoms with van der Waals surface area (Å²) in [6.45, 7) is 6.50. The van der Waals surface area contributed by atoms with Crippen molar-refractivity contribution < 1.29 is 0 Å². The lowest BCUT2D eigenvalue weighted by Crippen LogP contribution is -1.96. The lowest BCUT2D eigenvalue weighted by Gasteiger charge is -2.15. The van der Waals surface area contributed by atoms with Crippen molar-refractivity contribution in [2.24, 2.45) is 0 Å². The van der Waals surface area contributed by atoms with Crippen molar-refractivity contribution in [3.8, 4) is 11.1 Å². The number of fused-ring (bicyclic) bond motifs is 3. The van der Waals surface area contributed by atoms with Crippen LogP contribution in [0.2, 0.25) is 0 Å². The largest absolute Gasteiger partial charge is 0.252 e. The zero-order valence-electron chi connectivity index (χ0n) is 14.4. The van der Waals surface area contributed by atoms with Crippen LogP contribution in [0.5, 0.6) is 0 Å². The number of aromatic nitrogens is 1. The summed E-state index contributed by atoms with van der Waals surface area (Å²) in [5, 5.41) is 3.71. The first kappa shape index (κ1) is 14.9. The van der Waals surface area contributed by atoms with E-state index < -0.39 is 0 Å². The summed E-state index contributed by atoms with van der Waals surface area (Å²) < 4.78 is 0. The molecule has 0 spiro atoms. The second-order valence-electron chi connectivity index (χ2n) is 6.43. The molecule has 24 heavy (non-hydrogen) atoms. The second-order valence-corrected chi connectivity index (χ2v) is 6.43. The van der Waals surface area contributed by atoms with Crippen LogP contribution in [0, 0.1) is 13.8 Å². The Bertz CT molecular complexity index is 1060. The normalized spacial score (nSPS) is 11.3. The van der Waals surface area contributed by atoms with Gasteiger partial charge >= 0.3 is 0 Å². The molecule has 0 saturated heterocycles. The Balaban J connectivity index is 2.14. The first-order valence-corrected chi connectivity index (χ1v) is 8.57. The highest BCUT2D eigenvalue weighted by Crippen LogP contribution is 2.36. The van der Waals surface area contributed by atoms with E-state index in [1.54, 1.807) is 0 Å². The molecule has 0 fully saturated rings. The van der Waals surface area contributed by atoms with E-state index in [0.29, 0.717) is 0 Å². The first-order chi connectivity index (χ1) is 11.7. The SMILES string of the molecule is CCc1cccc(-c2c(C)c(C)nc3c2ccc2ccccc23)c1. The molecule has 4 rings (SSSR count). The van der Waals surface area contributed by atoms with Gasteiger partial charge in [-0.05, 0) is 47.9 Å². The van der Waals surface area contributed by atoms with E-state index in [2.05, 4.69) is 81.4 Å². The zero-order valence-corrected chi connectivity index (χ0v) is 14.4.